The molecular weight excluding hydrogens is 651 g/mol. The van der Waals surface area contributed by atoms with E-state index in [2.05, 4.69) is 16.4 Å². The smallest absolute Gasteiger partial charge is 0.316 e. The average molecular weight is 703 g/mol. The number of hydrogen-bond acceptors (Lipinski definition) is 9. The van der Waals surface area contributed by atoms with Crippen LogP contribution in [0.5, 0.6) is 5.75 Å². The van der Waals surface area contributed by atoms with Crippen LogP contribution >= 0.6 is 0 Å². The number of carbonyl (C=O) groups excluding carboxylic acids is 1. The molecule has 1 aromatic heterocycles. The Morgan fingerprint density at radius 3 is 2.37 bits per heavy atom. The summed E-state index contributed by atoms with van der Waals surface area (Å²) in [5.74, 6) is 0.809. The molecule has 2 unspecified atom stereocenters. The summed E-state index contributed by atoms with van der Waals surface area (Å²) in [6.07, 6.45) is 14.4. The lowest BCUT2D eigenvalue weighted by atomic mass is 10.2. The third-order valence-electron chi connectivity index (χ3n) is 10.5. The maximum Gasteiger partial charge on any atom is 0.316 e. The highest BCUT2D eigenvalue weighted by Crippen LogP contribution is 2.58. The van der Waals surface area contributed by atoms with Crippen LogP contribution in [-0.2, 0) is 19.6 Å². The number of sulfonamides is 1. The first kappa shape index (κ1) is 37.0. The molecule has 4 saturated carbocycles. The number of unbranched alkanes of at least 4 members (excludes halogenated alkanes) is 1. The number of methoxy groups -OCH3 is 1. The van der Waals surface area contributed by atoms with E-state index < -0.39 is 26.6 Å². The molecule has 2 aromatic rings. The Bertz CT molecular complexity index is 1660. The van der Waals surface area contributed by atoms with Gasteiger partial charge < -0.3 is 19.5 Å². The second-order valence-corrected chi connectivity index (χ2v) is 16.6. The fourth-order valence-electron chi connectivity index (χ4n) is 7.27. The Kier molecular flexibility index (Phi) is 11.5. The van der Waals surface area contributed by atoms with Gasteiger partial charge in [-0.15, -0.1) is 6.58 Å². The third-order valence-corrected chi connectivity index (χ3v) is 12.8. The Balaban J connectivity index is 0.000000239. The molecular formula is C36H51FN4O7S. The monoisotopic (exact) mass is 702 g/mol. The van der Waals surface area contributed by atoms with Crippen molar-refractivity contribution in [2.24, 2.45) is 11.8 Å². The number of benzene rings is 1. The molecule has 4 atom stereocenters. The molecule has 2 heterocycles. The maximum atomic E-state index is 13.8. The van der Waals surface area contributed by atoms with Crippen LogP contribution in [0, 0.1) is 17.7 Å². The first-order chi connectivity index (χ1) is 23.3. The summed E-state index contributed by atoms with van der Waals surface area (Å²) in [6, 6.07) is 5.75. The topological polar surface area (TPSA) is 131 Å². The van der Waals surface area contributed by atoms with Crippen LogP contribution < -0.4 is 15.2 Å². The summed E-state index contributed by atoms with van der Waals surface area (Å²) in [5, 5.41) is 13.1. The highest BCUT2D eigenvalue weighted by molar-refractivity contribution is 7.89. The number of fused-ring (bicyclic) bond motifs is 2. The van der Waals surface area contributed by atoms with Crippen molar-refractivity contribution < 1.29 is 32.2 Å². The quantitative estimate of drug-likeness (QED) is 0.207. The molecule has 270 valence electrons. The Labute approximate surface area is 289 Å². The minimum absolute atomic E-state index is 0.139. The predicted molar refractivity (Wildman–Crippen MR) is 186 cm³/mol. The molecule has 7 rings (SSSR count). The predicted octanol–water partition coefficient (Wildman–Crippen LogP) is 4.99. The van der Waals surface area contributed by atoms with E-state index in [1.807, 2.05) is 4.90 Å². The first-order valence-corrected chi connectivity index (χ1v) is 19.0. The summed E-state index contributed by atoms with van der Waals surface area (Å²) < 4.78 is 52.4. The van der Waals surface area contributed by atoms with Crippen LogP contribution in [0.25, 0.3) is 5.69 Å². The van der Waals surface area contributed by atoms with Crippen LogP contribution in [0.3, 0.4) is 0 Å². The van der Waals surface area contributed by atoms with Crippen LogP contribution in [0.4, 0.5) is 10.1 Å². The number of aliphatic hydroxyl groups is 1. The number of carbonyl (C=O) groups is 1. The van der Waals surface area contributed by atoms with Crippen molar-refractivity contribution in [3.05, 3.63) is 59.3 Å². The highest BCUT2D eigenvalue weighted by Gasteiger charge is 2.60. The van der Waals surface area contributed by atoms with Gasteiger partial charge >= 0.3 is 11.5 Å². The van der Waals surface area contributed by atoms with Crippen molar-refractivity contribution in [1.82, 2.24) is 14.1 Å². The van der Waals surface area contributed by atoms with Gasteiger partial charge in [0, 0.05) is 38.5 Å². The minimum Gasteiger partial charge on any atom is -0.479 e. The molecule has 0 amide bonds. The van der Waals surface area contributed by atoms with E-state index in [9.17, 15) is 27.5 Å². The SMILES string of the molecule is C=CCCCC(=O)OC.CC(C)S(=O)(=O)N1CCN(c2cnn(-c3cccc(F)c3)c(=O)c2OC23CCCC2C3)CC1.O[C@@]12CCC[C@@H]1C2. The van der Waals surface area contributed by atoms with E-state index in [0.29, 0.717) is 55.8 Å². The Hall–Kier alpha value is -3.29. The van der Waals surface area contributed by atoms with Gasteiger partial charge in [0.2, 0.25) is 15.8 Å². The summed E-state index contributed by atoms with van der Waals surface area (Å²) in [4.78, 5) is 25.9. The molecule has 1 saturated heterocycles. The second kappa shape index (κ2) is 15.3. The summed E-state index contributed by atoms with van der Waals surface area (Å²) in [7, 11) is -1.93. The van der Waals surface area contributed by atoms with Gasteiger partial charge in [-0.1, -0.05) is 18.6 Å². The molecule has 0 spiro atoms. The summed E-state index contributed by atoms with van der Waals surface area (Å²) in [6.45, 7) is 8.42. The van der Waals surface area contributed by atoms with Crippen LogP contribution in [0.1, 0.15) is 84.5 Å². The van der Waals surface area contributed by atoms with Gasteiger partial charge in [-0.25, -0.2) is 12.8 Å². The second-order valence-electron chi connectivity index (χ2n) is 14.1. The molecule has 1 aromatic carbocycles. The Morgan fingerprint density at radius 1 is 1.14 bits per heavy atom. The lowest BCUT2D eigenvalue weighted by molar-refractivity contribution is -0.140. The average Bonchev–Trinajstić information content (AvgIpc) is 3.83. The zero-order valence-electron chi connectivity index (χ0n) is 29.0. The summed E-state index contributed by atoms with van der Waals surface area (Å²) >= 11 is 0. The summed E-state index contributed by atoms with van der Waals surface area (Å²) in [5.41, 5.74) is 0.0432. The van der Waals surface area contributed by atoms with E-state index in [0.717, 1.165) is 51.4 Å². The van der Waals surface area contributed by atoms with Gasteiger partial charge in [-0.05, 0) is 95.8 Å². The molecule has 11 nitrogen and oxygen atoms in total. The number of aromatic nitrogens is 2. The minimum atomic E-state index is -3.33. The van der Waals surface area contributed by atoms with Crippen molar-refractivity contribution >= 4 is 21.7 Å². The fraction of sp³-hybridized carbons (Fsp3) is 0.639. The van der Waals surface area contributed by atoms with Gasteiger partial charge in [-0.3, -0.25) is 9.59 Å². The largest absolute Gasteiger partial charge is 0.479 e. The molecule has 0 bridgehead atoms. The number of esters is 1. The molecule has 49 heavy (non-hydrogen) atoms. The van der Waals surface area contributed by atoms with Crippen molar-refractivity contribution in [2.45, 2.75) is 101 Å². The lowest BCUT2D eigenvalue weighted by Crippen LogP contribution is -2.50. The van der Waals surface area contributed by atoms with E-state index >= 15 is 0 Å². The number of rotatable bonds is 10. The molecule has 4 aliphatic carbocycles. The van der Waals surface area contributed by atoms with Gasteiger partial charge in [-0.2, -0.15) is 14.1 Å². The van der Waals surface area contributed by atoms with Crippen molar-refractivity contribution in [1.29, 1.82) is 0 Å². The zero-order valence-corrected chi connectivity index (χ0v) is 29.8. The van der Waals surface area contributed by atoms with Crippen molar-refractivity contribution in [2.75, 3.05) is 38.2 Å². The van der Waals surface area contributed by atoms with Crippen molar-refractivity contribution in [3.63, 3.8) is 0 Å². The van der Waals surface area contributed by atoms with Gasteiger partial charge in [0.15, 0.2) is 0 Å². The first-order valence-electron chi connectivity index (χ1n) is 17.5. The third kappa shape index (κ3) is 8.54. The number of allylic oxidation sites excluding steroid dienone is 1. The molecule has 13 heteroatoms. The van der Waals surface area contributed by atoms with E-state index in [4.69, 9.17) is 4.74 Å². The Morgan fingerprint density at radius 2 is 1.86 bits per heavy atom. The number of anilines is 1. The molecule has 1 aliphatic heterocycles. The number of ether oxygens (including phenoxy) is 2. The number of hydrogen-bond donors (Lipinski definition) is 1. The number of halogens is 1. The molecule has 1 N–H and O–H groups in total. The number of piperazine rings is 1. The maximum absolute atomic E-state index is 13.8. The number of nitrogens with zero attached hydrogens (tertiary/aromatic N) is 4. The normalized spacial score (nSPS) is 26.8. The van der Waals surface area contributed by atoms with Gasteiger partial charge in [0.25, 0.3) is 0 Å². The van der Waals surface area contributed by atoms with Crippen molar-refractivity contribution in [3.8, 4) is 11.4 Å². The van der Waals surface area contributed by atoms with Crippen LogP contribution in [0.15, 0.2) is 47.9 Å². The lowest BCUT2D eigenvalue weighted by Gasteiger charge is -2.36. The van der Waals surface area contributed by atoms with Gasteiger partial charge in [0.05, 0.1) is 29.8 Å². The van der Waals surface area contributed by atoms with Crippen LogP contribution in [0.2, 0.25) is 0 Å². The fourth-order valence-corrected chi connectivity index (χ4v) is 8.54. The van der Waals surface area contributed by atoms with E-state index in [1.165, 1.54) is 47.1 Å². The van der Waals surface area contributed by atoms with Gasteiger partial charge in [0.1, 0.15) is 17.1 Å². The molecule has 0 radical (unpaired) electrons. The molecule has 5 fully saturated rings. The standard InChI is InChI=1S/C23H29FN4O4S.C7H12O2.C6H10O/c1-16(2)33(30,31)27-11-9-26(10-12-27)20-15-25-28(19-7-3-6-18(24)13-19)22(29)21(20)32-23-8-4-5-17(23)14-23;1-3-4-5-6-7(8)9-2;7-6-3-1-2-5(6)4-6/h3,6-7,13,15-17H,4-5,8-12,14H2,1-2H3;3H,1,4-6H2,2H3;5,7H,1-4H2/t;;5-,6-/m..1/s1. The molecule has 5 aliphatic rings. The van der Waals surface area contributed by atoms with E-state index in [-0.39, 0.29) is 22.9 Å². The van der Waals surface area contributed by atoms with E-state index in [1.54, 1.807) is 32.2 Å². The zero-order chi connectivity index (χ0) is 35.4. The highest BCUT2D eigenvalue weighted by atomic mass is 32.2. The van der Waals surface area contributed by atoms with Crippen LogP contribution in [-0.4, -0.2) is 83.3 Å².